The zero-order chi connectivity index (χ0) is 6.53. The molecule has 65 valence electrons. The summed E-state index contributed by atoms with van der Waals surface area (Å²) >= 11 is 4.15. The second-order valence-electron chi connectivity index (χ2n) is 2.18. The number of hydrogen-bond donors (Lipinski definition) is 1. The fourth-order valence-electron chi connectivity index (χ4n) is 0.966. The predicted molar refractivity (Wildman–Crippen MR) is 41.1 cm³/mol. The van der Waals surface area contributed by atoms with Gasteiger partial charge in [-0.15, -0.1) is 0 Å². The quantitative estimate of drug-likeness (QED) is 0.561. The zero-order valence-electron chi connectivity index (χ0n) is 5.85. The Morgan fingerprint density at radius 1 is 1.30 bits per heavy atom. The van der Waals surface area contributed by atoms with Crippen LogP contribution < -0.4 is 0 Å². The van der Waals surface area contributed by atoms with Crippen LogP contribution in [-0.4, -0.2) is 43.5 Å². The Labute approximate surface area is 83.2 Å². The molecule has 0 aliphatic carbocycles. The molecule has 2 nitrogen and oxygen atoms in total. The summed E-state index contributed by atoms with van der Waals surface area (Å²) < 4.78 is 5.18. The van der Waals surface area contributed by atoms with Gasteiger partial charge in [0.2, 0.25) is 0 Å². The van der Waals surface area contributed by atoms with E-state index in [-0.39, 0.29) is 22.4 Å². The molecule has 1 rings (SSSR count). The molecule has 1 aliphatic rings. The number of ether oxygens (including phenoxy) is 1. The van der Waals surface area contributed by atoms with Gasteiger partial charge in [0.05, 0.1) is 13.2 Å². The smallest absolute Gasteiger partial charge is 0.0594 e. The summed E-state index contributed by atoms with van der Waals surface area (Å²) in [7, 11) is 0. The summed E-state index contributed by atoms with van der Waals surface area (Å²) in [6.07, 6.45) is 0. The molecule has 1 radical (unpaired) electrons. The SMILES string of the molecule is SCCN1CCOCC1.[Ag]. The first-order valence-corrected chi connectivity index (χ1v) is 3.97. The van der Waals surface area contributed by atoms with Crippen LogP contribution >= 0.6 is 12.6 Å². The summed E-state index contributed by atoms with van der Waals surface area (Å²) in [5, 5.41) is 0. The van der Waals surface area contributed by atoms with Crippen molar-refractivity contribution in [3.63, 3.8) is 0 Å². The average molecular weight is 255 g/mol. The molecule has 0 aromatic carbocycles. The Bertz CT molecular complexity index is 75.4. The second kappa shape index (κ2) is 6.70. The van der Waals surface area contributed by atoms with Crippen molar-refractivity contribution < 1.29 is 27.1 Å². The number of nitrogens with zero attached hydrogens (tertiary/aromatic N) is 1. The first-order valence-electron chi connectivity index (χ1n) is 3.34. The Morgan fingerprint density at radius 3 is 2.40 bits per heavy atom. The Morgan fingerprint density at radius 2 is 1.90 bits per heavy atom. The fraction of sp³-hybridized carbons (Fsp3) is 1.00. The van der Waals surface area contributed by atoms with Crippen LogP contribution in [0.2, 0.25) is 0 Å². The maximum atomic E-state index is 5.18. The minimum atomic E-state index is 0. The van der Waals surface area contributed by atoms with Gasteiger partial charge in [-0.25, -0.2) is 0 Å². The predicted octanol–water partition coefficient (Wildman–Crippen LogP) is 0.246. The van der Waals surface area contributed by atoms with Gasteiger partial charge in [0, 0.05) is 47.8 Å². The molecule has 4 heteroatoms. The molecule has 0 amide bonds. The van der Waals surface area contributed by atoms with Crippen LogP contribution in [0.5, 0.6) is 0 Å². The molecule has 0 N–H and O–H groups in total. The van der Waals surface area contributed by atoms with Gasteiger partial charge in [0.25, 0.3) is 0 Å². The largest absolute Gasteiger partial charge is 0.379 e. The third-order valence-corrected chi connectivity index (χ3v) is 1.72. The minimum Gasteiger partial charge on any atom is -0.379 e. The molecular formula is C6H13AgNOS. The van der Waals surface area contributed by atoms with Crippen molar-refractivity contribution >= 4 is 12.6 Å². The molecule has 0 aromatic rings. The van der Waals surface area contributed by atoms with Crippen LogP contribution in [0, 0.1) is 0 Å². The van der Waals surface area contributed by atoms with Crippen LogP contribution in [0.4, 0.5) is 0 Å². The molecule has 0 atom stereocenters. The summed E-state index contributed by atoms with van der Waals surface area (Å²) in [5.41, 5.74) is 0. The fourth-order valence-corrected chi connectivity index (χ4v) is 1.25. The van der Waals surface area contributed by atoms with Crippen molar-refractivity contribution in [2.75, 3.05) is 38.6 Å². The molecular weight excluding hydrogens is 242 g/mol. The van der Waals surface area contributed by atoms with Gasteiger partial charge in [0.15, 0.2) is 0 Å². The number of morpholine rings is 1. The van der Waals surface area contributed by atoms with E-state index < -0.39 is 0 Å². The van der Waals surface area contributed by atoms with E-state index in [2.05, 4.69) is 17.5 Å². The van der Waals surface area contributed by atoms with Gasteiger partial charge >= 0.3 is 0 Å². The third kappa shape index (κ3) is 4.01. The molecule has 0 bridgehead atoms. The van der Waals surface area contributed by atoms with Gasteiger partial charge in [-0.05, 0) is 0 Å². The van der Waals surface area contributed by atoms with Crippen LogP contribution in [0.25, 0.3) is 0 Å². The number of rotatable bonds is 2. The molecule has 0 unspecified atom stereocenters. The summed E-state index contributed by atoms with van der Waals surface area (Å²) in [5.74, 6) is 0.958. The molecule has 0 saturated carbocycles. The van der Waals surface area contributed by atoms with Gasteiger partial charge < -0.3 is 4.74 Å². The van der Waals surface area contributed by atoms with Gasteiger partial charge in [0.1, 0.15) is 0 Å². The van der Waals surface area contributed by atoms with Crippen LogP contribution in [0.15, 0.2) is 0 Å². The molecule has 10 heavy (non-hydrogen) atoms. The second-order valence-corrected chi connectivity index (χ2v) is 2.62. The van der Waals surface area contributed by atoms with E-state index in [1.165, 1.54) is 0 Å². The van der Waals surface area contributed by atoms with Crippen molar-refractivity contribution in [1.29, 1.82) is 0 Å². The van der Waals surface area contributed by atoms with E-state index in [4.69, 9.17) is 4.74 Å². The molecule has 1 fully saturated rings. The molecule has 1 saturated heterocycles. The van der Waals surface area contributed by atoms with Gasteiger partial charge in [-0.2, -0.15) is 12.6 Å². The normalized spacial score (nSPS) is 20.1. The van der Waals surface area contributed by atoms with Gasteiger partial charge in [-0.3, -0.25) is 4.90 Å². The standard InChI is InChI=1S/C6H13NOS.Ag/c9-6-3-7-1-4-8-5-2-7;/h9H,1-6H2;. The van der Waals surface area contributed by atoms with E-state index in [0.29, 0.717) is 0 Å². The van der Waals surface area contributed by atoms with E-state index >= 15 is 0 Å². The molecule has 0 aromatic heterocycles. The van der Waals surface area contributed by atoms with E-state index in [0.717, 1.165) is 38.6 Å². The van der Waals surface area contributed by atoms with E-state index in [9.17, 15) is 0 Å². The Balaban J connectivity index is 0.000000810. The minimum absolute atomic E-state index is 0. The molecule has 1 heterocycles. The summed E-state index contributed by atoms with van der Waals surface area (Å²) in [4.78, 5) is 2.37. The Hall–Kier alpha value is 1.01. The number of hydrogen-bond acceptors (Lipinski definition) is 3. The van der Waals surface area contributed by atoms with Crippen LogP contribution in [-0.2, 0) is 27.1 Å². The maximum Gasteiger partial charge on any atom is 0.0594 e. The van der Waals surface area contributed by atoms with Gasteiger partial charge in [-0.1, -0.05) is 0 Å². The molecule has 0 spiro atoms. The summed E-state index contributed by atoms with van der Waals surface area (Å²) in [6, 6.07) is 0. The van der Waals surface area contributed by atoms with Crippen LogP contribution in [0.3, 0.4) is 0 Å². The Kier molecular flexibility index (Phi) is 7.38. The summed E-state index contributed by atoms with van der Waals surface area (Å²) in [6.45, 7) is 5.06. The van der Waals surface area contributed by atoms with Crippen molar-refractivity contribution in [3.8, 4) is 0 Å². The van der Waals surface area contributed by atoms with Crippen molar-refractivity contribution in [2.45, 2.75) is 0 Å². The molecule has 1 aliphatic heterocycles. The third-order valence-electron chi connectivity index (χ3n) is 1.52. The van der Waals surface area contributed by atoms with Crippen molar-refractivity contribution in [1.82, 2.24) is 4.90 Å². The van der Waals surface area contributed by atoms with Crippen molar-refractivity contribution in [3.05, 3.63) is 0 Å². The first-order chi connectivity index (χ1) is 4.43. The first kappa shape index (κ1) is 11.0. The van der Waals surface area contributed by atoms with E-state index in [1.54, 1.807) is 0 Å². The van der Waals surface area contributed by atoms with Crippen molar-refractivity contribution in [2.24, 2.45) is 0 Å². The van der Waals surface area contributed by atoms with E-state index in [1.807, 2.05) is 0 Å². The average Bonchev–Trinajstić information content (AvgIpc) is 1.91. The maximum absolute atomic E-state index is 5.18. The zero-order valence-corrected chi connectivity index (χ0v) is 8.22. The monoisotopic (exact) mass is 254 g/mol. The number of thiol groups is 1. The van der Waals surface area contributed by atoms with Crippen LogP contribution in [0.1, 0.15) is 0 Å². The topological polar surface area (TPSA) is 12.5 Å².